The van der Waals surface area contributed by atoms with Crippen molar-refractivity contribution in [1.29, 1.82) is 0 Å². The second-order valence-corrected chi connectivity index (χ2v) is 8.18. The maximum atomic E-state index is 13.1. The fourth-order valence-electron chi connectivity index (χ4n) is 4.11. The van der Waals surface area contributed by atoms with Crippen molar-refractivity contribution < 1.29 is 4.79 Å². The lowest BCUT2D eigenvalue weighted by Gasteiger charge is -2.35. The number of benzene rings is 1. The molecule has 1 amide bonds. The van der Waals surface area contributed by atoms with Gasteiger partial charge in [-0.25, -0.2) is 0 Å². The molecule has 22 heavy (non-hydrogen) atoms. The summed E-state index contributed by atoms with van der Waals surface area (Å²) in [7, 11) is 0. The summed E-state index contributed by atoms with van der Waals surface area (Å²) in [6.45, 7) is 0. The van der Waals surface area contributed by atoms with Gasteiger partial charge in [0.1, 0.15) is 0 Å². The maximum Gasteiger partial charge on any atom is 0.226 e. The molecule has 0 aromatic heterocycles. The van der Waals surface area contributed by atoms with Crippen molar-refractivity contribution in [2.75, 3.05) is 0 Å². The normalized spacial score (nSPS) is 28.4. The molecule has 4 rings (SSSR count). The molecule has 1 aromatic carbocycles. The Kier molecular flexibility index (Phi) is 4.02. The molecule has 0 bridgehead atoms. The first-order valence-corrected chi connectivity index (χ1v) is 9.61. The highest BCUT2D eigenvalue weighted by Crippen LogP contribution is 2.50. The molecule has 2 nitrogen and oxygen atoms in total. The zero-order valence-corrected chi connectivity index (χ0v) is 14.6. The molecule has 3 aliphatic carbocycles. The Hall–Kier alpha value is -0.830. The van der Waals surface area contributed by atoms with Crippen molar-refractivity contribution in [2.24, 2.45) is 5.92 Å². The van der Waals surface area contributed by atoms with Gasteiger partial charge in [0, 0.05) is 22.5 Å². The lowest BCUT2D eigenvalue weighted by Crippen LogP contribution is -2.44. The van der Waals surface area contributed by atoms with Crippen LogP contribution in [0.2, 0.25) is 0 Å². The topological polar surface area (TPSA) is 20.3 Å². The van der Waals surface area contributed by atoms with Gasteiger partial charge in [0.05, 0.1) is 0 Å². The summed E-state index contributed by atoms with van der Waals surface area (Å²) in [5.74, 6) is 1.18. The van der Waals surface area contributed by atoms with Gasteiger partial charge in [-0.1, -0.05) is 47.3 Å². The van der Waals surface area contributed by atoms with E-state index in [4.69, 9.17) is 0 Å². The number of halogens is 1. The average Bonchev–Trinajstić information content (AvgIpc) is 3.43. The summed E-state index contributed by atoms with van der Waals surface area (Å²) in [6.07, 6.45) is 9.96. The van der Waals surface area contributed by atoms with E-state index in [0.717, 1.165) is 10.9 Å². The minimum atomic E-state index is 0.253. The van der Waals surface area contributed by atoms with E-state index in [9.17, 15) is 4.79 Å². The summed E-state index contributed by atoms with van der Waals surface area (Å²) in [6, 6.07) is 9.64. The standard InChI is InChI=1S/C19H24BrNO/c20-14-8-6-13(7-9-14)17-12-18(17)19(22)21(16-10-11-16)15-4-2-1-3-5-15/h6-9,15-18H,1-5,10-12H2. The summed E-state index contributed by atoms with van der Waals surface area (Å²) in [4.78, 5) is 15.4. The molecule has 0 radical (unpaired) electrons. The molecule has 2 atom stereocenters. The molecule has 3 saturated carbocycles. The van der Waals surface area contributed by atoms with Gasteiger partial charge in [-0.2, -0.15) is 0 Å². The fraction of sp³-hybridized carbons (Fsp3) is 0.632. The van der Waals surface area contributed by atoms with Gasteiger partial charge in [-0.15, -0.1) is 0 Å². The summed E-state index contributed by atoms with van der Waals surface area (Å²) >= 11 is 3.49. The molecule has 0 heterocycles. The van der Waals surface area contributed by atoms with E-state index in [1.807, 2.05) is 0 Å². The van der Waals surface area contributed by atoms with Gasteiger partial charge >= 0.3 is 0 Å². The molecule has 3 heteroatoms. The zero-order chi connectivity index (χ0) is 15.1. The lowest BCUT2D eigenvalue weighted by molar-refractivity contribution is -0.136. The predicted molar refractivity (Wildman–Crippen MR) is 91.7 cm³/mol. The SMILES string of the molecule is O=C(C1CC1c1ccc(Br)cc1)N(C1CCCCC1)C1CC1. The van der Waals surface area contributed by atoms with Crippen molar-refractivity contribution >= 4 is 21.8 Å². The molecular formula is C19H24BrNO. The van der Waals surface area contributed by atoms with Crippen LogP contribution in [0.3, 0.4) is 0 Å². The van der Waals surface area contributed by atoms with E-state index in [1.165, 1.54) is 50.5 Å². The van der Waals surface area contributed by atoms with E-state index in [2.05, 4.69) is 45.1 Å². The van der Waals surface area contributed by atoms with Crippen LogP contribution in [0.15, 0.2) is 28.7 Å². The first-order valence-electron chi connectivity index (χ1n) is 8.81. The van der Waals surface area contributed by atoms with Gasteiger partial charge < -0.3 is 4.90 Å². The van der Waals surface area contributed by atoms with Crippen LogP contribution in [0.1, 0.15) is 62.8 Å². The number of rotatable bonds is 4. The molecule has 0 spiro atoms. The van der Waals surface area contributed by atoms with Gasteiger partial charge in [-0.05, 0) is 55.7 Å². The van der Waals surface area contributed by atoms with E-state index >= 15 is 0 Å². The second kappa shape index (κ2) is 5.99. The Morgan fingerprint density at radius 1 is 0.955 bits per heavy atom. The second-order valence-electron chi connectivity index (χ2n) is 7.27. The minimum Gasteiger partial charge on any atom is -0.336 e. The number of hydrogen-bond donors (Lipinski definition) is 0. The van der Waals surface area contributed by atoms with Crippen LogP contribution in [0.5, 0.6) is 0 Å². The predicted octanol–water partition coefficient (Wildman–Crippen LogP) is 4.88. The van der Waals surface area contributed by atoms with E-state index in [-0.39, 0.29) is 5.92 Å². The van der Waals surface area contributed by atoms with Gasteiger partial charge in [0.15, 0.2) is 0 Å². The maximum absolute atomic E-state index is 13.1. The van der Waals surface area contributed by atoms with Crippen molar-refractivity contribution in [3.8, 4) is 0 Å². The molecule has 3 fully saturated rings. The van der Waals surface area contributed by atoms with Crippen LogP contribution < -0.4 is 0 Å². The number of amides is 1. The highest BCUT2D eigenvalue weighted by atomic mass is 79.9. The number of carbonyl (C=O) groups is 1. The summed E-state index contributed by atoms with van der Waals surface area (Å²) in [5.41, 5.74) is 1.33. The Morgan fingerprint density at radius 2 is 1.59 bits per heavy atom. The van der Waals surface area contributed by atoms with E-state index in [1.54, 1.807) is 0 Å². The quantitative estimate of drug-likeness (QED) is 0.748. The monoisotopic (exact) mass is 361 g/mol. The lowest BCUT2D eigenvalue weighted by atomic mass is 9.93. The Labute approximate surface area is 141 Å². The molecule has 0 N–H and O–H groups in total. The van der Waals surface area contributed by atoms with Crippen LogP contribution in [-0.4, -0.2) is 22.9 Å². The zero-order valence-electron chi connectivity index (χ0n) is 13.0. The van der Waals surface area contributed by atoms with Gasteiger partial charge in [-0.3, -0.25) is 4.79 Å². The van der Waals surface area contributed by atoms with Gasteiger partial charge in [0.25, 0.3) is 0 Å². The van der Waals surface area contributed by atoms with Crippen molar-refractivity contribution in [2.45, 2.75) is 69.4 Å². The van der Waals surface area contributed by atoms with Crippen LogP contribution in [-0.2, 0) is 4.79 Å². The van der Waals surface area contributed by atoms with Crippen LogP contribution in [0.25, 0.3) is 0 Å². The first-order chi connectivity index (χ1) is 10.7. The third-order valence-corrected chi connectivity index (χ3v) is 6.10. The largest absolute Gasteiger partial charge is 0.336 e. The smallest absolute Gasteiger partial charge is 0.226 e. The molecule has 1 aromatic rings. The highest BCUT2D eigenvalue weighted by molar-refractivity contribution is 9.10. The van der Waals surface area contributed by atoms with Crippen molar-refractivity contribution in [3.05, 3.63) is 34.3 Å². The Morgan fingerprint density at radius 3 is 2.23 bits per heavy atom. The van der Waals surface area contributed by atoms with Crippen LogP contribution >= 0.6 is 15.9 Å². The number of nitrogens with zero attached hydrogens (tertiary/aromatic N) is 1. The average molecular weight is 362 g/mol. The van der Waals surface area contributed by atoms with Gasteiger partial charge in [0.2, 0.25) is 5.91 Å². The summed E-state index contributed by atoms with van der Waals surface area (Å²) in [5, 5.41) is 0. The minimum absolute atomic E-state index is 0.253. The Balaban J connectivity index is 1.45. The molecule has 0 aliphatic heterocycles. The molecule has 3 aliphatic rings. The van der Waals surface area contributed by atoms with Crippen molar-refractivity contribution in [3.63, 3.8) is 0 Å². The Bertz CT molecular complexity index is 545. The number of carbonyl (C=O) groups excluding carboxylic acids is 1. The first kappa shape index (κ1) is 14.7. The molecule has 118 valence electrons. The van der Waals surface area contributed by atoms with Crippen LogP contribution in [0, 0.1) is 5.92 Å². The fourth-order valence-corrected chi connectivity index (χ4v) is 4.37. The van der Waals surface area contributed by atoms with E-state index in [0.29, 0.717) is 23.9 Å². The number of hydrogen-bond acceptors (Lipinski definition) is 1. The van der Waals surface area contributed by atoms with Crippen LogP contribution in [0.4, 0.5) is 0 Å². The third kappa shape index (κ3) is 2.97. The molecular weight excluding hydrogens is 338 g/mol. The molecule has 2 unspecified atom stereocenters. The third-order valence-electron chi connectivity index (χ3n) is 5.57. The summed E-state index contributed by atoms with van der Waals surface area (Å²) < 4.78 is 1.11. The van der Waals surface area contributed by atoms with E-state index < -0.39 is 0 Å². The molecule has 0 saturated heterocycles. The highest BCUT2D eigenvalue weighted by Gasteiger charge is 2.49. The van der Waals surface area contributed by atoms with Crippen molar-refractivity contribution in [1.82, 2.24) is 4.90 Å².